The molecule has 112 valence electrons. The Bertz CT molecular complexity index is 957. The first kappa shape index (κ1) is 13.0. The van der Waals surface area contributed by atoms with Crippen molar-refractivity contribution in [2.45, 2.75) is 12.3 Å². The third-order valence-corrected chi connectivity index (χ3v) is 5.39. The van der Waals surface area contributed by atoms with E-state index in [0.717, 1.165) is 28.7 Å². The summed E-state index contributed by atoms with van der Waals surface area (Å²) in [6.45, 7) is 0. The molecular formula is C18H14N4S. The summed E-state index contributed by atoms with van der Waals surface area (Å²) in [6, 6.07) is 8.35. The first-order chi connectivity index (χ1) is 11.4. The molecule has 0 saturated heterocycles. The van der Waals surface area contributed by atoms with Gasteiger partial charge in [0.25, 0.3) is 0 Å². The standard InChI is InChI=1S/C18H14N4S/c1-2-5-16-12(4-1)13-6-7-14-15(22-11-3-9-20-22)8-10-19-17(14)18(13)21-23-16/h1-3,5-12,21H,4H2. The van der Waals surface area contributed by atoms with Gasteiger partial charge in [0.2, 0.25) is 0 Å². The van der Waals surface area contributed by atoms with Gasteiger partial charge in [0.05, 0.1) is 16.9 Å². The van der Waals surface area contributed by atoms with Gasteiger partial charge in [-0.15, -0.1) is 0 Å². The predicted molar refractivity (Wildman–Crippen MR) is 94.7 cm³/mol. The molecule has 2 aliphatic rings. The number of nitrogens with zero attached hydrogens (tertiary/aromatic N) is 3. The Morgan fingerprint density at radius 1 is 1.22 bits per heavy atom. The lowest BCUT2D eigenvalue weighted by molar-refractivity contribution is 0.839. The number of hydrogen-bond acceptors (Lipinski definition) is 4. The third kappa shape index (κ3) is 1.93. The summed E-state index contributed by atoms with van der Waals surface area (Å²) >= 11 is 1.71. The van der Waals surface area contributed by atoms with E-state index in [1.54, 1.807) is 18.1 Å². The van der Waals surface area contributed by atoms with Gasteiger partial charge in [0, 0.05) is 34.8 Å². The zero-order valence-corrected chi connectivity index (χ0v) is 13.1. The summed E-state index contributed by atoms with van der Waals surface area (Å²) in [5, 5.41) is 5.47. The highest BCUT2D eigenvalue weighted by Gasteiger charge is 2.27. The van der Waals surface area contributed by atoms with Crippen LogP contribution in [0.2, 0.25) is 0 Å². The van der Waals surface area contributed by atoms with Crippen LogP contribution >= 0.6 is 11.9 Å². The Morgan fingerprint density at radius 2 is 2.22 bits per heavy atom. The fourth-order valence-corrected chi connectivity index (χ4v) is 4.28. The maximum Gasteiger partial charge on any atom is 0.0966 e. The summed E-state index contributed by atoms with van der Waals surface area (Å²) in [6.07, 6.45) is 13.2. The second-order valence-corrected chi connectivity index (χ2v) is 6.58. The van der Waals surface area contributed by atoms with Crippen molar-refractivity contribution >= 4 is 28.5 Å². The Hall–Kier alpha value is -2.53. The summed E-state index contributed by atoms with van der Waals surface area (Å²) in [4.78, 5) is 6.03. The molecule has 5 rings (SSSR count). The molecule has 0 radical (unpaired) electrons. The molecule has 0 spiro atoms. The molecule has 2 aromatic heterocycles. The van der Waals surface area contributed by atoms with Gasteiger partial charge >= 0.3 is 0 Å². The fraction of sp³-hybridized carbons (Fsp3) is 0.111. The highest BCUT2D eigenvalue weighted by molar-refractivity contribution is 8.04. The molecule has 1 aromatic carbocycles. The van der Waals surface area contributed by atoms with Crippen LogP contribution in [0, 0.1) is 0 Å². The van der Waals surface area contributed by atoms with Gasteiger partial charge < -0.3 is 4.72 Å². The quantitative estimate of drug-likeness (QED) is 0.674. The maximum atomic E-state index is 4.65. The molecule has 0 bridgehead atoms. The summed E-state index contributed by atoms with van der Waals surface area (Å²) in [5.74, 6) is 0.445. The van der Waals surface area contributed by atoms with Crippen LogP contribution in [0.5, 0.6) is 0 Å². The van der Waals surface area contributed by atoms with Crippen molar-refractivity contribution in [2.75, 3.05) is 4.72 Å². The molecule has 1 aliphatic heterocycles. The first-order valence-corrected chi connectivity index (χ1v) is 8.45. The second kappa shape index (κ2) is 4.99. The van der Waals surface area contributed by atoms with Gasteiger partial charge in [-0.3, -0.25) is 4.98 Å². The van der Waals surface area contributed by atoms with Gasteiger partial charge in [-0.2, -0.15) is 5.10 Å². The lowest BCUT2D eigenvalue weighted by Gasteiger charge is -2.30. The highest BCUT2D eigenvalue weighted by atomic mass is 32.2. The molecule has 1 atom stereocenters. The number of hydrogen-bond donors (Lipinski definition) is 1. The number of fused-ring (bicyclic) bond motifs is 5. The van der Waals surface area contributed by atoms with Gasteiger partial charge in [0.1, 0.15) is 0 Å². The normalized spacial score (nSPS) is 19.0. The minimum atomic E-state index is 0.445. The topological polar surface area (TPSA) is 42.7 Å². The molecule has 0 fully saturated rings. The van der Waals surface area contributed by atoms with E-state index in [1.807, 2.05) is 29.2 Å². The van der Waals surface area contributed by atoms with E-state index in [1.165, 1.54) is 10.5 Å². The van der Waals surface area contributed by atoms with E-state index in [0.29, 0.717) is 5.92 Å². The van der Waals surface area contributed by atoms with Gasteiger partial charge in [0.15, 0.2) is 0 Å². The van der Waals surface area contributed by atoms with E-state index in [2.05, 4.69) is 45.2 Å². The lowest BCUT2D eigenvalue weighted by atomic mass is 9.89. The predicted octanol–water partition coefficient (Wildman–Crippen LogP) is 4.42. The molecular weight excluding hydrogens is 304 g/mol. The highest BCUT2D eigenvalue weighted by Crippen LogP contribution is 2.48. The average Bonchev–Trinajstić information content (AvgIpc) is 3.15. The van der Waals surface area contributed by atoms with E-state index >= 15 is 0 Å². The molecule has 1 aliphatic carbocycles. The smallest absolute Gasteiger partial charge is 0.0966 e. The van der Waals surface area contributed by atoms with Crippen LogP contribution in [0.1, 0.15) is 17.9 Å². The number of pyridine rings is 1. The Balaban J connectivity index is 1.75. The Morgan fingerprint density at radius 3 is 3.13 bits per heavy atom. The SMILES string of the molecule is C1=CCC2C(=C1)SNc1c2ccc2c(-n3cccn3)ccnc12. The van der Waals surface area contributed by atoms with Crippen LogP contribution in [0.25, 0.3) is 16.6 Å². The molecule has 3 heterocycles. The third-order valence-electron chi connectivity index (χ3n) is 4.43. The number of aromatic nitrogens is 3. The number of nitrogens with one attached hydrogen (secondary N) is 1. The molecule has 0 amide bonds. The average molecular weight is 318 g/mol. The lowest BCUT2D eigenvalue weighted by Crippen LogP contribution is -2.12. The Labute approximate surface area is 138 Å². The van der Waals surface area contributed by atoms with Crippen LogP contribution in [0.3, 0.4) is 0 Å². The van der Waals surface area contributed by atoms with E-state index in [4.69, 9.17) is 0 Å². The van der Waals surface area contributed by atoms with Crippen molar-refractivity contribution in [3.8, 4) is 5.69 Å². The summed E-state index contributed by atoms with van der Waals surface area (Å²) < 4.78 is 5.39. The fourth-order valence-electron chi connectivity index (χ4n) is 3.33. The van der Waals surface area contributed by atoms with Gasteiger partial charge in [-0.25, -0.2) is 4.68 Å². The molecule has 1 unspecified atom stereocenters. The number of rotatable bonds is 1. The van der Waals surface area contributed by atoms with Crippen molar-refractivity contribution in [2.24, 2.45) is 0 Å². The van der Waals surface area contributed by atoms with Gasteiger partial charge in [-0.1, -0.05) is 30.4 Å². The van der Waals surface area contributed by atoms with Crippen molar-refractivity contribution < 1.29 is 0 Å². The van der Waals surface area contributed by atoms with Crippen molar-refractivity contribution in [1.29, 1.82) is 0 Å². The largest absolute Gasteiger partial charge is 0.324 e. The molecule has 1 N–H and O–H groups in total. The molecule has 3 aromatic rings. The molecule has 0 saturated carbocycles. The zero-order chi connectivity index (χ0) is 15.2. The minimum Gasteiger partial charge on any atom is -0.324 e. The van der Waals surface area contributed by atoms with Crippen LogP contribution in [0.15, 0.2) is 66.0 Å². The van der Waals surface area contributed by atoms with Crippen LogP contribution in [-0.4, -0.2) is 14.8 Å². The maximum absolute atomic E-state index is 4.65. The summed E-state index contributed by atoms with van der Waals surface area (Å²) in [7, 11) is 0. The molecule has 23 heavy (non-hydrogen) atoms. The Kier molecular flexibility index (Phi) is 2.81. The van der Waals surface area contributed by atoms with Gasteiger partial charge in [-0.05, 0) is 36.1 Å². The first-order valence-electron chi connectivity index (χ1n) is 7.63. The van der Waals surface area contributed by atoms with E-state index in [9.17, 15) is 0 Å². The van der Waals surface area contributed by atoms with Crippen LogP contribution in [0.4, 0.5) is 5.69 Å². The zero-order valence-electron chi connectivity index (χ0n) is 12.3. The monoisotopic (exact) mass is 318 g/mol. The second-order valence-electron chi connectivity index (χ2n) is 5.70. The summed E-state index contributed by atoms with van der Waals surface area (Å²) in [5.41, 5.74) is 4.53. The van der Waals surface area contributed by atoms with Crippen molar-refractivity contribution in [3.63, 3.8) is 0 Å². The van der Waals surface area contributed by atoms with Crippen molar-refractivity contribution in [3.05, 3.63) is 71.6 Å². The van der Waals surface area contributed by atoms with Crippen LogP contribution in [-0.2, 0) is 0 Å². The van der Waals surface area contributed by atoms with E-state index < -0.39 is 0 Å². The molecule has 4 nitrogen and oxygen atoms in total. The van der Waals surface area contributed by atoms with Crippen molar-refractivity contribution in [1.82, 2.24) is 14.8 Å². The number of anilines is 1. The number of benzene rings is 1. The van der Waals surface area contributed by atoms with Crippen LogP contribution < -0.4 is 4.72 Å². The molecule has 5 heteroatoms. The minimum absolute atomic E-state index is 0.445. The number of allylic oxidation sites excluding steroid dienone is 4. The van der Waals surface area contributed by atoms with E-state index in [-0.39, 0.29) is 0 Å².